The second-order valence-corrected chi connectivity index (χ2v) is 6.26. The number of urea groups is 1. The first-order valence-corrected chi connectivity index (χ1v) is 9.05. The molecular weight excluding hydrogens is 368 g/mol. The van der Waals surface area contributed by atoms with E-state index in [9.17, 15) is 4.79 Å². The van der Waals surface area contributed by atoms with Crippen LogP contribution in [0, 0.1) is 6.92 Å². The molecule has 2 N–H and O–H groups in total. The van der Waals surface area contributed by atoms with Crippen LogP contribution in [0.25, 0.3) is 0 Å². The highest BCUT2D eigenvalue weighted by molar-refractivity contribution is 6.31. The van der Waals surface area contributed by atoms with Crippen LogP contribution >= 0.6 is 11.6 Å². The fraction of sp³-hybridized carbons (Fsp3) is 0.350. The van der Waals surface area contributed by atoms with Crippen LogP contribution in [0.4, 0.5) is 10.5 Å². The number of carbonyl (C=O) groups excluding carboxylic acids is 1. The highest BCUT2D eigenvalue weighted by Gasteiger charge is 2.10. The number of ether oxygens (including phenoxy) is 3. The monoisotopic (exact) mass is 392 g/mol. The first kappa shape index (κ1) is 20.7. The average Bonchev–Trinajstić information content (AvgIpc) is 2.65. The summed E-state index contributed by atoms with van der Waals surface area (Å²) in [6.45, 7) is 4.83. The van der Waals surface area contributed by atoms with Crippen molar-refractivity contribution in [2.24, 2.45) is 0 Å². The maximum Gasteiger partial charge on any atom is 0.319 e. The fourth-order valence-electron chi connectivity index (χ4n) is 2.56. The van der Waals surface area contributed by atoms with E-state index in [-0.39, 0.29) is 6.03 Å². The van der Waals surface area contributed by atoms with Gasteiger partial charge < -0.3 is 24.8 Å². The number of amides is 2. The van der Waals surface area contributed by atoms with Gasteiger partial charge in [-0.2, -0.15) is 0 Å². The zero-order valence-electron chi connectivity index (χ0n) is 16.0. The Morgan fingerprint density at radius 1 is 1.07 bits per heavy atom. The Kier molecular flexibility index (Phi) is 7.61. The average molecular weight is 393 g/mol. The largest absolute Gasteiger partial charge is 0.495 e. The van der Waals surface area contributed by atoms with Crippen LogP contribution in [0.3, 0.4) is 0 Å². The number of benzene rings is 2. The predicted molar refractivity (Wildman–Crippen MR) is 108 cm³/mol. The van der Waals surface area contributed by atoms with Gasteiger partial charge >= 0.3 is 6.03 Å². The number of aryl methyl sites for hydroxylation is 1. The third kappa shape index (κ3) is 5.69. The van der Waals surface area contributed by atoms with E-state index < -0.39 is 0 Å². The van der Waals surface area contributed by atoms with Gasteiger partial charge in [-0.05, 0) is 49.6 Å². The Bertz CT molecular complexity index is 796. The van der Waals surface area contributed by atoms with Crippen molar-refractivity contribution < 1.29 is 19.0 Å². The summed E-state index contributed by atoms with van der Waals surface area (Å²) in [4.78, 5) is 12.2. The quantitative estimate of drug-likeness (QED) is 0.697. The van der Waals surface area contributed by atoms with Gasteiger partial charge in [-0.25, -0.2) is 4.79 Å². The molecule has 0 unspecified atom stereocenters. The van der Waals surface area contributed by atoms with Crippen molar-refractivity contribution in [3.8, 4) is 17.2 Å². The second kappa shape index (κ2) is 9.92. The molecule has 146 valence electrons. The summed E-state index contributed by atoms with van der Waals surface area (Å²) in [5.74, 6) is 1.90. The number of anilines is 1. The summed E-state index contributed by atoms with van der Waals surface area (Å²) in [5.41, 5.74) is 2.46. The van der Waals surface area contributed by atoms with E-state index in [4.69, 9.17) is 25.8 Å². The third-order valence-electron chi connectivity index (χ3n) is 3.96. The van der Waals surface area contributed by atoms with Gasteiger partial charge in [0.2, 0.25) is 0 Å². The fourth-order valence-corrected chi connectivity index (χ4v) is 2.71. The minimum absolute atomic E-state index is 0.312. The standard InChI is InChI=1S/C20H25ClN2O4/c1-5-27-17-7-6-14(11-19(17)26-4)8-9-22-20(24)23-16-10-13(2)15(21)12-18(16)25-3/h6-7,10-12H,5,8-9H2,1-4H3,(H2,22,23,24). The van der Waals surface area contributed by atoms with Crippen LogP contribution in [-0.4, -0.2) is 33.4 Å². The van der Waals surface area contributed by atoms with E-state index in [1.807, 2.05) is 32.0 Å². The lowest BCUT2D eigenvalue weighted by atomic mass is 10.1. The second-order valence-electron chi connectivity index (χ2n) is 5.85. The van der Waals surface area contributed by atoms with E-state index in [0.29, 0.717) is 47.5 Å². The molecule has 0 aromatic heterocycles. The number of methoxy groups -OCH3 is 2. The summed E-state index contributed by atoms with van der Waals surface area (Å²) < 4.78 is 16.1. The molecule has 0 aliphatic heterocycles. The molecular formula is C20H25ClN2O4. The molecule has 0 aliphatic carbocycles. The van der Waals surface area contributed by atoms with Gasteiger partial charge in [-0.1, -0.05) is 17.7 Å². The molecule has 0 bridgehead atoms. The van der Waals surface area contributed by atoms with E-state index in [1.54, 1.807) is 19.2 Å². The Morgan fingerprint density at radius 3 is 2.48 bits per heavy atom. The molecule has 6 nitrogen and oxygen atoms in total. The molecule has 2 aromatic rings. The third-order valence-corrected chi connectivity index (χ3v) is 4.36. The van der Waals surface area contributed by atoms with Gasteiger partial charge in [0.15, 0.2) is 11.5 Å². The van der Waals surface area contributed by atoms with Gasteiger partial charge in [0.1, 0.15) is 5.75 Å². The molecule has 7 heteroatoms. The molecule has 0 aliphatic rings. The van der Waals surface area contributed by atoms with Crippen molar-refractivity contribution in [3.05, 3.63) is 46.5 Å². The Hall–Kier alpha value is -2.60. The van der Waals surface area contributed by atoms with Gasteiger partial charge in [0.05, 0.1) is 26.5 Å². The van der Waals surface area contributed by atoms with Gasteiger partial charge in [0, 0.05) is 17.6 Å². The summed E-state index contributed by atoms with van der Waals surface area (Å²) in [6.07, 6.45) is 0.660. The summed E-state index contributed by atoms with van der Waals surface area (Å²) in [5, 5.41) is 6.20. The van der Waals surface area contributed by atoms with Crippen LogP contribution in [0.2, 0.25) is 5.02 Å². The van der Waals surface area contributed by atoms with Gasteiger partial charge in [0.25, 0.3) is 0 Å². The first-order chi connectivity index (χ1) is 13.0. The van der Waals surface area contributed by atoms with E-state index in [0.717, 1.165) is 11.1 Å². The summed E-state index contributed by atoms with van der Waals surface area (Å²) >= 11 is 6.08. The Morgan fingerprint density at radius 2 is 1.81 bits per heavy atom. The van der Waals surface area contributed by atoms with Crippen molar-refractivity contribution in [2.45, 2.75) is 20.3 Å². The molecule has 0 saturated heterocycles. The Labute approximate surface area is 164 Å². The van der Waals surface area contributed by atoms with Crippen molar-refractivity contribution in [1.82, 2.24) is 5.32 Å². The highest BCUT2D eigenvalue weighted by Crippen LogP contribution is 2.31. The van der Waals surface area contributed by atoms with Crippen LogP contribution in [0.15, 0.2) is 30.3 Å². The van der Waals surface area contributed by atoms with Crippen molar-refractivity contribution >= 4 is 23.3 Å². The normalized spacial score (nSPS) is 10.3. The number of nitrogens with one attached hydrogen (secondary N) is 2. The molecule has 0 saturated carbocycles. The van der Waals surface area contributed by atoms with Crippen LogP contribution in [-0.2, 0) is 6.42 Å². The molecule has 0 radical (unpaired) electrons. The minimum Gasteiger partial charge on any atom is -0.495 e. The van der Waals surface area contributed by atoms with E-state index >= 15 is 0 Å². The van der Waals surface area contributed by atoms with Crippen LogP contribution in [0.1, 0.15) is 18.1 Å². The smallest absolute Gasteiger partial charge is 0.319 e. The molecule has 2 aromatic carbocycles. The summed E-state index contributed by atoms with van der Waals surface area (Å²) in [6, 6.07) is 8.89. The zero-order valence-corrected chi connectivity index (χ0v) is 16.8. The van der Waals surface area contributed by atoms with Crippen molar-refractivity contribution in [2.75, 3.05) is 32.7 Å². The Balaban J connectivity index is 1.92. The number of hydrogen-bond acceptors (Lipinski definition) is 4. The maximum absolute atomic E-state index is 12.2. The maximum atomic E-state index is 12.2. The first-order valence-electron chi connectivity index (χ1n) is 8.67. The van der Waals surface area contributed by atoms with Crippen LogP contribution in [0.5, 0.6) is 17.2 Å². The molecule has 0 fully saturated rings. The van der Waals surface area contributed by atoms with E-state index in [1.165, 1.54) is 7.11 Å². The van der Waals surface area contributed by atoms with Crippen molar-refractivity contribution in [3.63, 3.8) is 0 Å². The SMILES string of the molecule is CCOc1ccc(CCNC(=O)Nc2cc(C)c(Cl)cc2OC)cc1OC. The molecule has 0 spiro atoms. The molecule has 27 heavy (non-hydrogen) atoms. The molecule has 2 amide bonds. The van der Waals surface area contributed by atoms with E-state index in [2.05, 4.69) is 10.6 Å². The molecule has 0 heterocycles. The van der Waals surface area contributed by atoms with Crippen molar-refractivity contribution in [1.29, 1.82) is 0 Å². The number of halogens is 1. The van der Waals surface area contributed by atoms with Gasteiger partial charge in [-0.15, -0.1) is 0 Å². The zero-order chi connectivity index (χ0) is 19.8. The number of rotatable bonds is 8. The number of hydrogen-bond donors (Lipinski definition) is 2. The van der Waals surface area contributed by atoms with Gasteiger partial charge in [-0.3, -0.25) is 0 Å². The minimum atomic E-state index is -0.312. The predicted octanol–water partition coefficient (Wildman–Crippen LogP) is 4.43. The lowest BCUT2D eigenvalue weighted by molar-refractivity contribution is 0.252. The topological polar surface area (TPSA) is 68.8 Å². The molecule has 2 rings (SSSR count). The number of carbonyl (C=O) groups is 1. The summed E-state index contributed by atoms with van der Waals surface area (Å²) in [7, 11) is 3.14. The highest BCUT2D eigenvalue weighted by atomic mass is 35.5. The molecule has 0 atom stereocenters. The van der Waals surface area contributed by atoms with Crippen LogP contribution < -0.4 is 24.8 Å². The lowest BCUT2D eigenvalue weighted by Crippen LogP contribution is -2.30. The lowest BCUT2D eigenvalue weighted by Gasteiger charge is -2.13.